The van der Waals surface area contributed by atoms with Gasteiger partial charge in [0.15, 0.2) is 0 Å². The number of nitrogens with zero attached hydrogens (tertiary/aromatic N) is 2. The lowest BCUT2D eigenvalue weighted by atomic mass is 9.99. The molecule has 3 heterocycles. The number of hydrogen-bond acceptors (Lipinski definition) is 1. The summed E-state index contributed by atoms with van der Waals surface area (Å²) in [5, 5.41) is 7.20. The largest absolute Gasteiger partial charge is 0.456 e. The van der Waals surface area contributed by atoms with E-state index in [2.05, 4.69) is 185 Å². The quantitative estimate of drug-likeness (QED) is 0.186. The van der Waals surface area contributed by atoms with Gasteiger partial charge < -0.3 is 13.6 Å². The molecule has 3 nitrogen and oxygen atoms in total. The van der Waals surface area contributed by atoms with Gasteiger partial charge in [0.2, 0.25) is 0 Å². The van der Waals surface area contributed by atoms with Crippen molar-refractivity contribution in [1.82, 2.24) is 9.13 Å². The van der Waals surface area contributed by atoms with E-state index in [1.807, 2.05) is 6.07 Å². The van der Waals surface area contributed by atoms with Gasteiger partial charge in [0.25, 0.3) is 0 Å². The van der Waals surface area contributed by atoms with Crippen molar-refractivity contribution in [3.8, 4) is 33.6 Å². The average Bonchev–Trinajstić information content (AvgIpc) is 3.85. The maximum Gasteiger partial charge on any atom is 0.137 e. The predicted octanol–water partition coefficient (Wildman–Crippen LogP) is 13.1. The summed E-state index contributed by atoms with van der Waals surface area (Å²) in [6, 6.07) is 65.5. The Bertz CT molecular complexity index is 3130. The number of aromatic nitrogens is 2. The number of furan rings is 1. The Morgan fingerprint density at radius 3 is 1.53 bits per heavy atom. The predicted molar refractivity (Wildman–Crippen MR) is 213 cm³/mol. The van der Waals surface area contributed by atoms with Gasteiger partial charge in [0.05, 0.1) is 33.1 Å². The fourth-order valence-corrected chi connectivity index (χ4v) is 8.22. The fourth-order valence-electron chi connectivity index (χ4n) is 8.22. The van der Waals surface area contributed by atoms with Crippen LogP contribution >= 0.6 is 0 Å². The van der Waals surface area contributed by atoms with Crippen molar-refractivity contribution in [2.75, 3.05) is 0 Å². The van der Waals surface area contributed by atoms with Gasteiger partial charge in [-0.1, -0.05) is 109 Å². The molecular weight excluding hydrogens is 621 g/mol. The van der Waals surface area contributed by atoms with Crippen molar-refractivity contribution >= 4 is 65.6 Å². The van der Waals surface area contributed by atoms with Crippen LogP contribution in [0.25, 0.3) is 99.2 Å². The van der Waals surface area contributed by atoms with Crippen molar-refractivity contribution in [2.45, 2.75) is 0 Å². The molecule has 11 rings (SSSR count). The van der Waals surface area contributed by atoms with E-state index < -0.39 is 0 Å². The maximum absolute atomic E-state index is 6.35. The molecule has 0 atom stereocenters. The zero-order valence-electron chi connectivity index (χ0n) is 27.6. The van der Waals surface area contributed by atoms with E-state index in [0.717, 1.165) is 27.6 Å². The monoisotopic (exact) mass is 650 g/mol. The van der Waals surface area contributed by atoms with E-state index in [9.17, 15) is 0 Å². The molecule has 51 heavy (non-hydrogen) atoms. The fraction of sp³-hybridized carbons (Fsp3) is 0. The smallest absolute Gasteiger partial charge is 0.137 e. The highest BCUT2D eigenvalue weighted by Gasteiger charge is 2.19. The number of hydrogen-bond donors (Lipinski definition) is 0. The first-order valence-electron chi connectivity index (χ1n) is 17.4. The van der Waals surface area contributed by atoms with Gasteiger partial charge in [0, 0.05) is 32.6 Å². The topological polar surface area (TPSA) is 23.0 Å². The molecule has 238 valence electrons. The average molecular weight is 651 g/mol. The molecule has 0 aliphatic heterocycles. The van der Waals surface area contributed by atoms with Crippen LogP contribution in [0, 0.1) is 0 Å². The summed E-state index contributed by atoms with van der Waals surface area (Å²) in [6.45, 7) is 0. The Labute approximate surface area is 293 Å². The summed E-state index contributed by atoms with van der Waals surface area (Å²) in [6.07, 6.45) is 0. The molecule has 11 aromatic rings. The molecule has 0 saturated carbocycles. The van der Waals surface area contributed by atoms with E-state index in [0.29, 0.717) is 0 Å². The van der Waals surface area contributed by atoms with Crippen LogP contribution < -0.4 is 0 Å². The second-order valence-electron chi connectivity index (χ2n) is 13.3. The van der Waals surface area contributed by atoms with Gasteiger partial charge in [-0.15, -0.1) is 0 Å². The lowest BCUT2D eigenvalue weighted by Gasteiger charge is -2.11. The summed E-state index contributed by atoms with van der Waals surface area (Å²) in [5.74, 6) is 0. The summed E-state index contributed by atoms with van der Waals surface area (Å²) < 4.78 is 11.1. The molecule has 0 fully saturated rings. The molecule has 0 N–H and O–H groups in total. The standard InChI is InChI=1S/C48H30N2O/c1-3-12-31(13-4-1)32-22-26-43-39(28-32)40-30-34(24-27-44(40)50(43)45-19-11-21-47-48(45)37-17-8-10-20-46(37)51-47)33-23-25-42-38(29-33)36-16-7-9-18-41(36)49(42)35-14-5-2-6-15-35/h1-30H. The van der Waals surface area contributed by atoms with Gasteiger partial charge in [-0.2, -0.15) is 0 Å². The number of rotatable bonds is 4. The highest BCUT2D eigenvalue weighted by molar-refractivity contribution is 6.16. The second-order valence-corrected chi connectivity index (χ2v) is 13.3. The molecular formula is C48H30N2O. The van der Waals surface area contributed by atoms with Gasteiger partial charge in [0.1, 0.15) is 11.2 Å². The van der Waals surface area contributed by atoms with Crippen molar-refractivity contribution in [1.29, 1.82) is 0 Å². The SMILES string of the molecule is c1ccc(-c2ccc3c(c2)c2cc(-c4ccc5c(c4)c4ccccc4n5-c4ccccc4)ccc2n3-c2cccc3oc4ccccc4c23)cc1. The first-order valence-corrected chi connectivity index (χ1v) is 17.4. The van der Waals surface area contributed by atoms with Gasteiger partial charge >= 0.3 is 0 Å². The van der Waals surface area contributed by atoms with Crippen LogP contribution in [0.3, 0.4) is 0 Å². The third kappa shape index (κ3) is 4.19. The Kier molecular flexibility index (Phi) is 5.96. The normalized spacial score (nSPS) is 11.9. The third-order valence-electron chi connectivity index (χ3n) is 10.5. The molecule has 0 radical (unpaired) electrons. The highest BCUT2D eigenvalue weighted by Crippen LogP contribution is 2.42. The summed E-state index contributed by atoms with van der Waals surface area (Å²) in [5.41, 5.74) is 13.6. The molecule has 0 aliphatic rings. The molecule has 0 amide bonds. The third-order valence-corrected chi connectivity index (χ3v) is 10.5. The van der Waals surface area contributed by atoms with E-state index in [-0.39, 0.29) is 0 Å². The lowest BCUT2D eigenvalue weighted by Crippen LogP contribution is -1.94. The van der Waals surface area contributed by atoms with Gasteiger partial charge in [-0.3, -0.25) is 0 Å². The molecule has 3 aromatic heterocycles. The van der Waals surface area contributed by atoms with Crippen LogP contribution in [0.15, 0.2) is 186 Å². The van der Waals surface area contributed by atoms with Crippen molar-refractivity contribution in [3.05, 3.63) is 182 Å². The molecule has 8 aromatic carbocycles. The minimum Gasteiger partial charge on any atom is -0.456 e. The Hall–Kier alpha value is -6.84. The van der Waals surface area contributed by atoms with Crippen molar-refractivity contribution < 1.29 is 4.42 Å². The zero-order valence-corrected chi connectivity index (χ0v) is 27.6. The Morgan fingerprint density at radius 2 is 0.824 bits per heavy atom. The summed E-state index contributed by atoms with van der Waals surface area (Å²) in [7, 11) is 0. The lowest BCUT2D eigenvalue weighted by molar-refractivity contribution is 0.669. The summed E-state index contributed by atoms with van der Waals surface area (Å²) >= 11 is 0. The van der Waals surface area contributed by atoms with Crippen LogP contribution in [-0.2, 0) is 0 Å². The first kappa shape index (κ1) is 28.0. The Morgan fingerprint density at radius 1 is 0.314 bits per heavy atom. The van der Waals surface area contributed by atoms with Gasteiger partial charge in [-0.25, -0.2) is 0 Å². The van der Waals surface area contributed by atoms with E-state index in [4.69, 9.17) is 4.42 Å². The Balaban J connectivity index is 1.17. The van der Waals surface area contributed by atoms with Crippen molar-refractivity contribution in [3.63, 3.8) is 0 Å². The van der Waals surface area contributed by atoms with Crippen LogP contribution in [0.2, 0.25) is 0 Å². The van der Waals surface area contributed by atoms with Crippen molar-refractivity contribution in [2.24, 2.45) is 0 Å². The molecule has 0 bridgehead atoms. The van der Waals surface area contributed by atoms with Crippen LogP contribution in [0.4, 0.5) is 0 Å². The number of fused-ring (bicyclic) bond motifs is 9. The van der Waals surface area contributed by atoms with Crippen LogP contribution in [0.5, 0.6) is 0 Å². The van der Waals surface area contributed by atoms with E-state index in [1.165, 1.54) is 71.6 Å². The minimum atomic E-state index is 0.893. The molecule has 0 saturated heterocycles. The maximum atomic E-state index is 6.35. The zero-order chi connectivity index (χ0) is 33.5. The van der Waals surface area contributed by atoms with Crippen LogP contribution in [-0.4, -0.2) is 9.13 Å². The van der Waals surface area contributed by atoms with Gasteiger partial charge in [-0.05, 0) is 95.1 Å². The highest BCUT2D eigenvalue weighted by atomic mass is 16.3. The van der Waals surface area contributed by atoms with Crippen LogP contribution in [0.1, 0.15) is 0 Å². The minimum absolute atomic E-state index is 0.893. The number of benzene rings is 8. The first-order chi connectivity index (χ1) is 25.3. The number of para-hydroxylation sites is 3. The summed E-state index contributed by atoms with van der Waals surface area (Å²) in [4.78, 5) is 0. The molecule has 3 heteroatoms. The molecule has 0 unspecified atom stereocenters. The molecule has 0 spiro atoms. The molecule has 0 aliphatic carbocycles. The second kappa shape index (κ2) is 10.8. The van der Waals surface area contributed by atoms with E-state index in [1.54, 1.807) is 0 Å². The van der Waals surface area contributed by atoms with E-state index >= 15 is 0 Å².